The molecular formula is C19H24N4O3. The van der Waals surface area contributed by atoms with Gasteiger partial charge in [0, 0.05) is 37.6 Å². The summed E-state index contributed by atoms with van der Waals surface area (Å²) in [6, 6.07) is 9.17. The summed E-state index contributed by atoms with van der Waals surface area (Å²) in [6.07, 6.45) is 0. The quantitative estimate of drug-likeness (QED) is 0.827. The van der Waals surface area contributed by atoms with Crippen molar-refractivity contribution in [3.05, 3.63) is 51.9 Å². The molecule has 2 aromatic rings. The average molecular weight is 356 g/mol. The molecule has 26 heavy (non-hydrogen) atoms. The second kappa shape index (κ2) is 7.70. The van der Waals surface area contributed by atoms with Crippen molar-refractivity contribution in [2.45, 2.75) is 20.4 Å². The van der Waals surface area contributed by atoms with Crippen LogP contribution in [0.5, 0.6) is 0 Å². The van der Waals surface area contributed by atoms with Crippen molar-refractivity contribution in [3.8, 4) is 0 Å². The number of likely N-dealkylation sites (N-methyl/N-ethyl adjacent to an activating group) is 1. The lowest BCUT2D eigenvalue weighted by molar-refractivity contribution is -0.118. The molecule has 138 valence electrons. The number of carbonyl (C=O) groups excluding carboxylic acids is 1. The van der Waals surface area contributed by atoms with Crippen LogP contribution in [0.2, 0.25) is 0 Å². The molecule has 7 nitrogen and oxygen atoms in total. The fourth-order valence-electron chi connectivity index (χ4n) is 2.98. The lowest BCUT2D eigenvalue weighted by Gasteiger charge is -2.30. The zero-order valence-corrected chi connectivity index (χ0v) is 15.4. The second-order valence-electron chi connectivity index (χ2n) is 6.51. The van der Waals surface area contributed by atoms with E-state index >= 15 is 0 Å². The van der Waals surface area contributed by atoms with E-state index in [2.05, 4.69) is 4.98 Å². The lowest BCUT2D eigenvalue weighted by Crippen LogP contribution is -2.42. The number of rotatable bonds is 4. The maximum Gasteiger partial charge on any atom is 0.255 e. The summed E-state index contributed by atoms with van der Waals surface area (Å²) < 4.78 is 6.83. The van der Waals surface area contributed by atoms with E-state index < -0.39 is 0 Å². The van der Waals surface area contributed by atoms with Gasteiger partial charge in [0.2, 0.25) is 11.9 Å². The monoisotopic (exact) mass is 356 g/mol. The molecule has 7 heteroatoms. The number of morpholine rings is 1. The standard InChI is InChI=1S/C19H24N4O3/c1-14-5-4-6-16(11-14)21(3)18(25)13-23-17(24)12-15(2)20-19(23)22-7-9-26-10-8-22/h4-6,11-12H,7-10,13H2,1-3H3. The number of hydrogen-bond donors (Lipinski definition) is 0. The third-order valence-corrected chi connectivity index (χ3v) is 4.47. The first-order valence-corrected chi connectivity index (χ1v) is 8.70. The Morgan fingerprint density at radius 3 is 2.65 bits per heavy atom. The van der Waals surface area contributed by atoms with E-state index in [9.17, 15) is 9.59 Å². The number of carbonyl (C=O) groups is 1. The summed E-state index contributed by atoms with van der Waals surface area (Å²) >= 11 is 0. The minimum atomic E-state index is -0.218. The van der Waals surface area contributed by atoms with E-state index in [1.807, 2.05) is 36.1 Å². The first-order valence-electron chi connectivity index (χ1n) is 8.70. The van der Waals surface area contributed by atoms with Gasteiger partial charge in [-0.3, -0.25) is 14.2 Å². The van der Waals surface area contributed by atoms with Crippen LogP contribution in [0, 0.1) is 13.8 Å². The van der Waals surface area contributed by atoms with Crippen molar-refractivity contribution in [2.75, 3.05) is 43.2 Å². The highest BCUT2D eigenvalue weighted by atomic mass is 16.5. The van der Waals surface area contributed by atoms with Gasteiger partial charge in [-0.2, -0.15) is 0 Å². The minimum absolute atomic E-state index is 0.0523. The third-order valence-electron chi connectivity index (χ3n) is 4.47. The summed E-state index contributed by atoms with van der Waals surface area (Å²) in [7, 11) is 1.72. The average Bonchev–Trinajstić information content (AvgIpc) is 2.63. The predicted octanol–water partition coefficient (Wildman–Crippen LogP) is 1.36. The molecule has 2 heterocycles. The van der Waals surface area contributed by atoms with Crippen LogP contribution in [0.25, 0.3) is 0 Å². The highest BCUT2D eigenvalue weighted by Crippen LogP contribution is 2.16. The molecule has 1 fully saturated rings. The van der Waals surface area contributed by atoms with Gasteiger partial charge in [-0.25, -0.2) is 4.98 Å². The van der Waals surface area contributed by atoms with Crippen LogP contribution in [0.15, 0.2) is 35.1 Å². The second-order valence-corrected chi connectivity index (χ2v) is 6.51. The molecule has 1 aliphatic heterocycles. The Morgan fingerprint density at radius 1 is 1.23 bits per heavy atom. The number of aromatic nitrogens is 2. The van der Waals surface area contributed by atoms with Gasteiger partial charge in [0.25, 0.3) is 5.56 Å². The maximum atomic E-state index is 12.8. The smallest absolute Gasteiger partial charge is 0.255 e. The van der Waals surface area contributed by atoms with Crippen molar-refractivity contribution < 1.29 is 9.53 Å². The van der Waals surface area contributed by atoms with Crippen LogP contribution < -0.4 is 15.4 Å². The number of anilines is 2. The highest BCUT2D eigenvalue weighted by molar-refractivity contribution is 5.92. The molecule has 0 saturated carbocycles. The van der Waals surface area contributed by atoms with Gasteiger partial charge in [-0.05, 0) is 31.5 Å². The van der Waals surface area contributed by atoms with Crippen molar-refractivity contribution in [1.82, 2.24) is 9.55 Å². The van der Waals surface area contributed by atoms with Gasteiger partial charge in [0.15, 0.2) is 0 Å². The number of nitrogens with zero attached hydrogens (tertiary/aromatic N) is 4. The predicted molar refractivity (Wildman–Crippen MR) is 101 cm³/mol. The SMILES string of the molecule is Cc1cccc(N(C)C(=O)Cn2c(N3CCOCC3)nc(C)cc2=O)c1. The Hall–Kier alpha value is -2.67. The molecule has 1 aromatic heterocycles. The van der Waals surface area contributed by atoms with Crippen molar-refractivity contribution in [2.24, 2.45) is 0 Å². The van der Waals surface area contributed by atoms with Gasteiger partial charge >= 0.3 is 0 Å². The molecule has 0 atom stereocenters. The first-order chi connectivity index (χ1) is 12.5. The topological polar surface area (TPSA) is 67.7 Å². The number of amides is 1. The van der Waals surface area contributed by atoms with Gasteiger partial charge in [-0.1, -0.05) is 12.1 Å². The maximum absolute atomic E-state index is 12.8. The summed E-state index contributed by atoms with van der Waals surface area (Å²) in [5.41, 5.74) is 2.30. The van der Waals surface area contributed by atoms with Crippen molar-refractivity contribution in [1.29, 1.82) is 0 Å². The molecule has 0 radical (unpaired) electrons. The summed E-state index contributed by atoms with van der Waals surface area (Å²) in [4.78, 5) is 33.4. The summed E-state index contributed by atoms with van der Waals surface area (Å²) in [6.45, 7) is 6.18. The van der Waals surface area contributed by atoms with Crippen LogP contribution >= 0.6 is 0 Å². The van der Waals surface area contributed by atoms with Crippen molar-refractivity contribution >= 4 is 17.5 Å². The Balaban J connectivity index is 1.88. The molecule has 0 bridgehead atoms. The summed E-state index contributed by atoms with van der Waals surface area (Å²) in [5.74, 6) is 0.363. The Kier molecular flexibility index (Phi) is 5.37. The molecule has 1 aliphatic rings. The van der Waals surface area contributed by atoms with Gasteiger partial charge in [-0.15, -0.1) is 0 Å². The van der Waals surface area contributed by atoms with Gasteiger partial charge in [0.05, 0.1) is 13.2 Å². The molecule has 1 saturated heterocycles. The molecule has 0 spiro atoms. The molecule has 1 amide bonds. The molecule has 0 aliphatic carbocycles. The van der Waals surface area contributed by atoms with E-state index in [0.717, 1.165) is 11.3 Å². The number of ether oxygens (including phenoxy) is 1. The fraction of sp³-hybridized carbons (Fsp3) is 0.421. The fourth-order valence-corrected chi connectivity index (χ4v) is 2.98. The Labute approximate surface area is 152 Å². The van der Waals surface area contributed by atoms with Gasteiger partial charge in [0.1, 0.15) is 6.54 Å². The number of hydrogen-bond acceptors (Lipinski definition) is 5. The highest BCUT2D eigenvalue weighted by Gasteiger charge is 2.21. The van der Waals surface area contributed by atoms with Crippen LogP contribution in [0.4, 0.5) is 11.6 Å². The molecule has 1 aromatic carbocycles. The summed E-state index contributed by atoms with van der Waals surface area (Å²) in [5, 5.41) is 0. The van der Waals surface area contributed by atoms with E-state index in [1.165, 1.54) is 10.6 Å². The van der Waals surface area contributed by atoms with E-state index in [4.69, 9.17) is 4.74 Å². The number of aryl methyl sites for hydroxylation is 2. The minimum Gasteiger partial charge on any atom is -0.378 e. The van der Waals surface area contributed by atoms with Crippen LogP contribution in [-0.2, 0) is 16.1 Å². The Bertz CT molecular complexity index is 856. The zero-order chi connectivity index (χ0) is 18.7. The van der Waals surface area contributed by atoms with Gasteiger partial charge < -0.3 is 14.5 Å². The number of benzene rings is 1. The molecule has 0 N–H and O–H groups in total. The molecule has 3 rings (SSSR count). The van der Waals surface area contributed by atoms with E-state index in [1.54, 1.807) is 18.9 Å². The van der Waals surface area contributed by atoms with Crippen LogP contribution in [-0.4, -0.2) is 48.8 Å². The third kappa shape index (κ3) is 3.94. The molecular weight excluding hydrogens is 332 g/mol. The van der Waals surface area contributed by atoms with Crippen LogP contribution in [0.3, 0.4) is 0 Å². The van der Waals surface area contributed by atoms with Crippen LogP contribution in [0.1, 0.15) is 11.3 Å². The largest absolute Gasteiger partial charge is 0.378 e. The Morgan fingerprint density at radius 2 is 1.96 bits per heavy atom. The van der Waals surface area contributed by atoms with Crippen molar-refractivity contribution in [3.63, 3.8) is 0 Å². The normalized spacial score (nSPS) is 14.3. The lowest BCUT2D eigenvalue weighted by atomic mass is 10.2. The van der Waals surface area contributed by atoms with E-state index in [-0.39, 0.29) is 18.0 Å². The first kappa shape index (κ1) is 18.1. The zero-order valence-electron chi connectivity index (χ0n) is 15.4. The van der Waals surface area contributed by atoms with E-state index in [0.29, 0.717) is 37.9 Å². The molecule has 0 unspecified atom stereocenters.